The van der Waals surface area contributed by atoms with Crippen molar-refractivity contribution in [2.45, 2.75) is 155 Å². The fourth-order valence-electron chi connectivity index (χ4n) is 5.66. The van der Waals surface area contributed by atoms with Gasteiger partial charge in [-0.2, -0.15) is 0 Å². The highest BCUT2D eigenvalue weighted by molar-refractivity contribution is 5.90. The summed E-state index contributed by atoms with van der Waals surface area (Å²) < 4.78 is 1.19. The molecule has 0 radical (unpaired) electrons. The van der Waals surface area contributed by atoms with Gasteiger partial charge in [0, 0.05) is 12.1 Å². The van der Waals surface area contributed by atoms with Crippen LogP contribution in [0.5, 0.6) is 0 Å². The first kappa shape index (κ1) is 36.4. The van der Waals surface area contributed by atoms with Gasteiger partial charge in [-0.3, -0.25) is 4.79 Å². The molecule has 40 heavy (non-hydrogen) atoms. The number of amides is 1. The normalized spacial score (nSPS) is 11.6. The molecular formula is C37H67N2O+. The lowest BCUT2D eigenvalue weighted by Crippen LogP contribution is -2.41. The number of nitrogens with one attached hydrogen (secondary N) is 1. The van der Waals surface area contributed by atoms with Gasteiger partial charge in [-0.05, 0) is 49.8 Å². The summed E-state index contributed by atoms with van der Waals surface area (Å²) >= 11 is 0. The van der Waals surface area contributed by atoms with Crippen LogP contribution >= 0.6 is 0 Å². The number of hydrogen-bond acceptors (Lipinski definition) is 1. The zero-order chi connectivity index (χ0) is 29.2. The van der Waals surface area contributed by atoms with Crippen LogP contribution < -0.4 is 5.32 Å². The van der Waals surface area contributed by atoms with Gasteiger partial charge >= 0.3 is 0 Å². The lowest BCUT2D eigenvalue weighted by Gasteiger charge is -2.30. The van der Waals surface area contributed by atoms with E-state index in [4.69, 9.17) is 0 Å². The third kappa shape index (κ3) is 22.1. The van der Waals surface area contributed by atoms with Crippen LogP contribution in [0.25, 0.3) is 6.08 Å². The molecule has 1 amide bonds. The van der Waals surface area contributed by atoms with Crippen molar-refractivity contribution in [2.75, 3.05) is 32.5 Å². The Balaban J connectivity index is 1.84. The SMILES string of the molecule is C=Cc1ccc(NC(=O)CCCCCCCCCC[N+](C)(C)CCCCCCCCCCCCCCCC)cc1. The van der Waals surface area contributed by atoms with Crippen molar-refractivity contribution in [3.63, 3.8) is 0 Å². The van der Waals surface area contributed by atoms with E-state index < -0.39 is 0 Å². The predicted molar refractivity (Wildman–Crippen MR) is 179 cm³/mol. The molecule has 0 aromatic heterocycles. The molecule has 0 fully saturated rings. The molecule has 0 aliphatic carbocycles. The third-order valence-corrected chi connectivity index (χ3v) is 8.46. The first-order chi connectivity index (χ1) is 19.5. The fourth-order valence-corrected chi connectivity index (χ4v) is 5.66. The highest BCUT2D eigenvalue weighted by Gasteiger charge is 2.13. The second-order valence-corrected chi connectivity index (χ2v) is 12.9. The molecule has 0 spiro atoms. The van der Waals surface area contributed by atoms with Crippen LogP contribution in [0.2, 0.25) is 0 Å². The highest BCUT2D eigenvalue weighted by atomic mass is 16.1. The summed E-state index contributed by atoms with van der Waals surface area (Å²) in [5.74, 6) is 0.126. The molecule has 0 aliphatic rings. The van der Waals surface area contributed by atoms with Gasteiger partial charge in [0.2, 0.25) is 5.91 Å². The van der Waals surface area contributed by atoms with Gasteiger partial charge in [0.1, 0.15) is 0 Å². The smallest absolute Gasteiger partial charge is 0.224 e. The Morgan fingerprint density at radius 1 is 0.625 bits per heavy atom. The second-order valence-electron chi connectivity index (χ2n) is 12.9. The molecule has 0 saturated carbocycles. The summed E-state index contributed by atoms with van der Waals surface area (Å²) in [6.07, 6.45) is 32.7. The van der Waals surface area contributed by atoms with Crippen molar-refractivity contribution in [3.05, 3.63) is 36.4 Å². The van der Waals surface area contributed by atoms with Crippen LogP contribution in [0.4, 0.5) is 5.69 Å². The number of hydrogen-bond donors (Lipinski definition) is 1. The van der Waals surface area contributed by atoms with E-state index in [-0.39, 0.29) is 5.91 Å². The molecule has 0 atom stereocenters. The standard InChI is InChI=1S/C37H66N2O/c1-5-7-8-9-10-11-12-13-14-15-17-20-23-26-33-39(3,4)34-27-24-21-18-16-19-22-25-28-37(40)38-36-31-29-35(6-2)30-32-36/h6,29-32H,2,5,7-28,33-34H2,1,3-4H3/p+1. The molecule has 1 N–H and O–H groups in total. The quantitative estimate of drug-likeness (QED) is 0.0808. The first-order valence-corrected chi connectivity index (χ1v) is 17.3. The number of benzene rings is 1. The number of nitrogens with zero attached hydrogens (tertiary/aromatic N) is 1. The number of rotatable bonds is 28. The van der Waals surface area contributed by atoms with Crippen molar-refractivity contribution in [1.29, 1.82) is 0 Å². The topological polar surface area (TPSA) is 29.1 Å². The molecule has 0 heterocycles. The predicted octanol–water partition coefficient (Wildman–Crippen LogP) is 11.3. The molecular weight excluding hydrogens is 488 g/mol. The van der Waals surface area contributed by atoms with Crippen molar-refractivity contribution in [1.82, 2.24) is 0 Å². The van der Waals surface area contributed by atoms with Gasteiger partial charge in [-0.1, -0.05) is 141 Å². The minimum absolute atomic E-state index is 0.126. The van der Waals surface area contributed by atoms with Crippen LogP contribution in [0.1, 0.15) is 160 Å². The Morgan fingerprint density at radius 2 is 1.00 bits per heavy atom. The van der Waals surface area contributed by atoms with E-state index in [1.54, 1.807) is 0 Å². The molecule has 1 rings (SSSR count). The van der Waals surface area contributed by atoms with E-state index in [1.807, 2.05) is 30.3 Å². The van der Waals surface area contributed by atoms with Crippen LogP contribution in [0.15, 0.2) is 30.8 Å². The van der Waals surface area contributed by atoms with Gasteiger partial charge < -0.3 is 9.80 Å². The Kier molecular flexibility index (Phi) is 22.9. The average molecular weight is 556 g/mol. The Labute approximate surface area is 250 Å². The maximum Gasteiger partial charge on any atom is 0.224 e. The number of quaternary nitrogens is 1. The molecule has 3 heteroatoms. The summed E-state index contributed by atoms with van der Waals surface area (Å²) in [7, 11) is 4.85. The van der Waals surface area contributed by atoms with Gasteiger partial charge in [0.15, 0.2) is 0 Å². The number of carbonyl (C=O) groups excluding carboxylic acids is 1. The molecule has 0 unspecified atom stereocenters. The summed E-state index contributed by atoms with van der Waals surface area (Å²) in [6, 6.07) is 7.83. The Morgan fingerprint density at radius 3 is 1.40 bits per heavy atom. The number of carbonyl (C=O) groups is 1. The van der Waals surface area contributed by atoms with Gasteiger partial charge in [-0.25, -0.2) is 0 Å². The largest absolute Gasteiger partial charge is 0.328 e. The van der Waals surface area contributed by atoms with E-state index in [9.17, 15) is 4.79 Å². The van der Waals surface area contributed by atoms with E-state index in [0.717, 1.165) is 24.1 Å². The lowest BCUT2D eigenvalue weighted by atomic mass is 10.0. The van der Waals surface area contributed by atoms with Crippen molar-refractivity contribution < 1.29 is 9.28 Å². The molecule has 1 aromatic carbocycles. The van der Waals surface area contributed by atoms with Crippen LogP contribution in [0, 0.1) is 0 Å². The first-order valence-electron chi connectivity index (χ1n) is 17.3. The summed E-state index contributed by atoms with van der Waals surface area (Å²) in [6.45, 7) is 8.72. The molecule has 0 saturated heterocycles. The zero-order valence-electron chi connectivity index (χ0n) is 27.1. The van der Waals surface area contributed by atoms with E-state index in [0.29, 0.717) is 6.42 Å². The molecule has 0 aliphatic heterocycles. The average Bonchev–Trinajstić information content (AvgIpc) is 2.94. The molecule has 3 nitrogen and oxygen atoms in total. The number of unbranched alkanes of at least 4 members (excludes halogenated alkanes) is 20. The van der Waals surface area contributed by atoms with E-state index in [1.165, 1.54) is 146 Å². The molecule has 230 valence electrons. The third-order valence-electron chi connectivity index (χ3n) is 8.46. The van der Waals surface area contributed by atoms with Crippen LogP contribution in [-0.4, -0.2) is 37.6 Å². The minimum Gasteiger partial charge on any atom is -0.328 e. The maximum absolute atomic E-state index is 12.1. The van der Waals surface area contributed by atoms with E-state index >= 15 is 0 Å². The Hall–Kier alpha value is -1.61. The van der Waals surface area contributed by atoms with Gasteiger partial charge in [-0.15, -0.1) is 0 Å². The summed E-state index contributed by atoms with van der Waals surface area (Å²) in [5.41, 5.74) is 1.94. The monoisotopic (exact) mass is 556 g/mol. The maximum atomic E-state index is 12.1. The van der Waals surface area contributed by atoms with Crippen molar-refractivity contribution in [3.8, 4) is 0 Å². The fraction of sp³-hybridized carbons (Fsp3) is 0.757. The van der Waals surface area contributed by atoms with Gasteiger partial charge in [0.05, 0.1) is 27.2 Å². The summed E-state index contributed by atoms with van der Waals surface area (Å²) in [5, 5.41) is 2.99. The van der Waals surface area contributed by atoms with Crippen LogP contribution in [0.3, 0.4) is 0 Å². The van der Waals surface area contributed by atoms with E-state index in [2.05, 4.69) is 32.9 Å². The van der Waals surface area contributed by atoms with Crippen molar-refractivity contribution in [2.24, 2.45) is 0 Å². The second kappa shape index (κ2) is 25.1. The molecule has 1 aromatic rings. The Bertz CT molecular complexity index is 724. The minimum atomic E-state index is 0.126. The van der Waals surface area contributed by atoms with Gasteiger partial charge in [0.25, 0.3) is 0 Å². The lowest BCUT2D eigenvalue weighted by molar-refractivity contribution is -0.890. The van der Waals surface area contributed by atoms with Crippen molar-refractivity contribution >= 4 is 17.7 Å². The van der Waals surface area contributed by atoms with Crippen LogP contribution in [-0.2, 0) is 4.79 Å². The zero-order valence-corrected chi connectivity index (χ0v) is 27.1. The highest BCUT2D eigenvalue weighted by Crippen LogP contribution is 2.16. The molecule has 0 bridgehead atoms. The number of anilines is 1. The summed E-state index contributed by atoms with van der Waals surface area (Å²) in [4.78, 5) is 12.1.